The lowest BCUT2D eigenvalue weighted by atomic mass is 9.73. The van der Waals surface area contributed by atoms with E-state index in [1.165, 1.54) is 0 Å². The van der Waals surface area contributed by atoms with Gasteiger partial charge in [-0.25, -0.2) is 0 Å². The maximum Gasteiger partial charge on any atom is 0.0620 e. The van der Waals surface area contributed by atoms with Crippen LogP contribution in [0.4, 0.5) is 0 Å². The summed E-state index contributed by atoms with van der Waals surface area (Å²) >= 11 is 0. The highest BCUT2D eigenvalue weighted by Gasteiger charge is 2.35. The summed E-state index contributed by atoms with van der Waals surface area (Å²) in [5.74, 6) is 0.359. The van der Waals surface area contributed by atoms with Gasteiger partial charge in [0.05, 0.1) is 11.2 Å². The Balaban J connectivity index is 0.00000144. The zero-order chi connectivity index (χ0) is 9.41. The molecule has 1 rings (SSSR count). The van der Waals surface area contributed by atoms with Crippen molar-refractivity contribution in [2.45, 2.75) is 57.7 Å². The van der Waals surface area contributed by atoms with Crippen LogP contribution in [0.15, 0.2) is 0 Å². The van der Waals surface area contributed by atoms with E-state index in [9.17, 15) is 10.2 Å². The summed E-state index contributed by atoms with van der Waals surface area (Å²) < 4.78 is 0. The quantitative estimate of drug-likeness (QED) is 0.644. The first-order chi connectivity index (χ1) is 5.31. The molecule has 0 heterocycles. The van der Waals surface area contributed by atoms with Crippen molar-refractivity contribution in [2.75, 3.05) is 0 Å². The van der Waals surface area contributed by atoms with Gasteiger partial charge in [-0.15, -0.1) is 0 Å². The molecule has 0 aromatic carbocycles. The molecule has 0 atom stereocenters. The van der Waals surface area contributed by atoms with E-state index >= 15 is 0 Å². The fraction of sp³-hybridized carbons (Fsp3) is 1.00. The maximum atomic E-state index is 9.73. The van der Waals surface area contributed by atoms with Crippen LogP contribution in [0.5, 0.6) is 0 Å². The summed E-state index contributed by atoms with van der Waals surface area (Å²) in [4.78, 5) is 0. The van der Waals surface area contributed by atoms with Crippen LogP contribution in [0.3, 0.4) is 0 Å². The lowest BCUT2D eigenvalue weighted by Crippen LogP contribution is -2.39. The first kappa shape index (κ1) is 12.9. The molecule has 0 radical (unpaired) electrons. The van der Waals surface area contributed by atoms with Gasteiger partial charge in [0.15, 0.2) is 0 Å². The van der Waals surface area contributed by atoms with Gasteiger partial charge in [0, 0.05) is 0 Å². The van der Waals surface area contributed by atoms with Crippen molar-refractivity contribution >= 4 is 0 Å². The van der Waals surface area contributed by atoms with Crippen molar-refractivity contribution in [1.82, 2.24) is 0 Å². The second-order valence-electron chi connectivity index (χ2n) is 4.92. The largest absolute Gasteiger partial charge is 0.412 e. The van der Waals surface area contributed by atoms with E-state index in [0.717, 1.165) is 25.7 Å². The van der Waals surface area contributed by atoms with Crippen molar-refractivity contribution in [3.8, 4) is 0 Å². The van der Waals surface area contributed by atoms with Crippen molar-refractivity contribution in [3.05, 3.63) is 0 Å². The highest BCUT2D eigenvalue weighted by Crippen LogP contribution is 2.36. The molecular formula is C10H22O3. The van der Waals surface area contributed by atoms with Gasteiger partial charge in [-0.3, -0.25) is 0 Å². The predicted molar refractivity (Wildman–Crippen MR) is 52.5 cm³/mol. The topological polar surface area (TPSA) is 72.0 Å². The summed E-state index contributed by atoms with van der Waals surface area (Å²) in [6.45, 7) is 5.60. The van der Waals surface area contributed by atoms with Crippen molar-refractivity contribution in [2.24, 2.45) is 5.92 Å². The highest BCUT2D eigenvalue weighted by atomic mass is 16.3. The molecular weight excluding hydrogens is 168 g/mol. The second-order valence-corrected chi connectivity index (χ2v) is 4.92. The first-order valence-electron chi connectivity index (χ1n) is 4.76. The molecule has 0 aromatic rings. The molecule has 3 nitrogen and oxygen atoms in total. The number of hydrogen-bond acceptors (Lipinski definition) is 2. The van der Waals surface area contributed by atoms with Crippen LogP contribution in [-0.4, -0.2) is 26.9 Å². The smallest absolute Gasteiger partial charge is 0.0620 e. The van der Waals surface area contributed by atoms with Gasteiger partial charge in [0.25, 0.3) is 0 Å². The minimum Gasteiger partial charge on any atom is -0.412 e. The summed E-state index contributed by atoms with van der Waals surface area (Å²) in [6, 6.07) is 0. The lowest BCUT2D eigenvalue weighted by molar-refractivity contribution is -0.0509. The minimum atomic E-state index is -0.573. The average Bonchev–Trinajstić information content (AvgIpc) is 1.83. The Morgan fingerprint density at radius 1 is 1.23 bits per heavy atom. The van der Waals surface area contributed by atoms with Crippen molar-refractivity contribution in [3.63, 3.8) is 0 Å². The number of rotatable bonds is 1. The molecule has 4 N–H and O–H groups in total. The van der Waals surface area contributed by atoms with Gasteiger partial charge in [-0.2, -0.15) is 0 Å². The third-order valence-electron chi connectivity index (χ3n) is 3.06. The normalized spacial score (nSPS) is 35.3. The molecule has 0 saturated heterocycles. The van der Waals surface area contributed by atoms with Crippen molar-refractivity contribution < 1.29 is 15.7 Å². The fourth-order valence-corrected chi connectivity index (χ4v) is 1.95. The van der Waals surface area contributed by atoms with E-state index in [1.54, 1.807) is 0 Å². The molecule has 0 bridgehead atoms. The zero-order valence-corrected chi connectivity index (χ0v) is 8.80. The minimum absolute atomic E-state index is 0. The van der Waals surface area contributed by atoms with E-state index in [-0.39, 0.29) is 5.48 Å². The number of hydrogen-bond donors (Lipinski definition) is 2. The van der Waals surface area contributed by atoms with E-state index in [2.05, 4.69) is 0 Å². The predicted octanol–water partition coefficient (Wildman–Crippen LogP) is 0.874. The van der Waals surface area contributed by atoms with Crippen LogP contribution in [0.2, 0.25) is 0 Å². The Labute approximate surface area is 80.1 Å². The first-order valence-corrected chi connectivity index (χ1v) is 4.76. The van der Waals surface area contributed by atoms with Crippen LogP contribution in [0.25, 0.3) is 0 Å². The second kappa shape index (κ2) is 3.95. The molecule has 80 valence electrons. The Morgan fingerprint density at radius 2 is 1.62 bits per heavy atom. The van der Waals surface area contributed by atoms with E-state index in [1.807, 2.05) is 20.8 Å². The van der Waals surface area contributed by atoms with Gasteiger partial charge in [0.2, 0.25) is 0 Å². The van der Waals surface area contributed by atoms with Gasteiger partial charge < -0.3 is 15.7 Å². The third kappa shape index (κ3) is 3.63. The van der Waals surface area contributed by atoms with E-state index < -0.39 is 11.2 Å². The fourth-order valence-electron chi connectivity index (χ4n) is 1.95. The zero-order valence-electron chi connectivity index (χ0n) is 8.80. The molecule has 0 unspecified atom stereocenters. The average molecular weight is 190 g/mol. The molecule has 1 aliphatic carbocycles. The van der Waals surface area contributed by atoms with Crippen LogP contribution in [0, 0.1) is 5.92 Å². The summed E-state index contributed by atoms with van der Waals surface area (Å²) in [6.07, 6.45) is 3.52. The third-order valence-corrected chi connectivity index (χ3v) is 3.06. The standard InChI is InChI=1S/C10H20O2.H2O/c1-9(2,11)8-4-6-10(3,12)7-5-8;/h8,11-12H,4-7H2,1-3H3;1H2/t8-,10+;. The Morgan fingerprint density at radius 3 is 1.92 bits per heavy atom. The molecule has 0 amide bonds. The van der Waals surface area contributed by atoms with E-state index in [0.29, 0.717) is 5.92 Å². The SMILES string of the molecule is CC(C)(O)[C@H]1CC[C@@](C)(O)CC1.O. The molecule has 0 aromatic heterocycles. The summed E-state index contributed by atoms with van der Waals surface area (Å²) in [5, 5.41) is 19.4. The monoisotopic (exact) mass is 190 g/mol. The molecule has 1 saturated carbocycles. The van der Waals surface area contributed by atoms with Crippen LogP contribution >= 0.6 is 0 Å². The Kier molecular flexibility index (Phi) is 3.91. The number of aliphatic hydroxyl groups is 2. The summed E-state index contributed by atoms with van der Waals surface area (Å²) in [7, 11) is 0. The Bertz CT molecular complexity index is 148. The van der Waals surface area contributed by atoms with Crippen LogP contribution < -0.4 is 0 Å². The maximum absolute atomic E-state index is 9.73. The van der Waals surface area contributed by atoms with Crippen LogP contribution in [0.1, 0.15) is 46.5 Å². The molecule has 0 aliphatic heterocycles. The van der Waals surface area contributed by atoms with E-state index in [4.69, 9.17) is 0 Å². The lowest BCUT2D eigenvalue weighted by Gasteiger charge is -2.38. The van der Waals surface area contributed by atoms with Crippen LogP contribution in [-0.2, 0) is 0 Å². The van der Waals surface area contributed by atoms with Crippen molar-refractivity contribution in [1.29, 1.82) is 0 Å². The molecule has 3 heteroatoms. The molecule has 1 aliphatic rings. The van der Waals surface area contributed by atoms with Gasteiger partial charge in [-0.05, 0) is 52.4 Å². The Hall–Kier alpha value is -0.120. The highest BCUT2D eigenvalue weighted by molar-refractivity contribution is 4.87. The molecule has 13 heavy (non-hydrogen) atoms. The molecule has 0 spiro atoms. The van der Waals surface area contributed by atoms with Gasteiger partial charge in [0.1, 0.15) is 0 Å². The van der Waals surface area contributed by atoms with Gasteiger partial charge in [-0.1, -0.05) is 0 Å². The van der Waals surface area contributed by atoms with Gasteiger partial charge >= 0.3 is 0 Å². The molecule has 1 fully saturated rings. The summed E-state index contributed by atoms with van der Waals surface area (Å²) in [5.41, 5.74) is -1.06.